The van der Waals surface area contributed by atoms with Gasteiger partial charge < -0.3 is 10.6 Å². The molecule has 4 bridgehead atoms. The van der Waals surface area contributed by atoms with E-state index in [1.54, 1.807) is 0 Å². The van der Waals surface area contributed by atoms with Crippen molar-refractivity contribution in [2.45, 2.75) is 58.4 Å². The van der Waals surface area contributed by atoms with Crippen LogP contribution in [0.4, 0.5) is 5.69 Å². The lowest BCUT2D eigenvalue weighted by atomic mass is 9.48. The van der Waals surface area contributed by atoms with Gasteiger partial charge in [-0.15, -0.1) is 0 Å². The highest BCUT2D eigenvalue weighted by molar-refractivity contribution is 7.80. The van der Waals surface area contributed by atoms with E-state index in [1.165, 1.54) is 44.1 Å². The van der Waals surface area contributed by atoms with Crippen LogP contribution in [0.25, 0.3) is 0 Å². The van der Waals surface area contributed by atoms with E-state index in [1.807, 2.05) is 0 Å². The molecule has 1 aromatic rings. The first-order valence-electron chi connectivity index (χ1n) is 9.17. The van der Waals surface area contributed by atoms with Gasteiger partial charge in [0.25, 0.3) is 0 Å². The molecule has 2 nitrogen and oxygen atoms in total. The molecule has 3 heteroatoms. The molecule has 0 spiro atoms. The van der Waals surface area contributed by atoms with Crippen molar-refractivity contribution in [1.29, 1.82) is 0 Å². The Hall–Kier alpha value is -1.09. The fraction of sp³-hybridized carbons (Fsp3) is 0.650. The van der Waals surface area contributed by atoms with Gasteiger partial charge in [0.05, 0.1) is 0 Å². The van der Waals surface area contributed by atoms with Crippen LogP contribution in [0.2, 0.25) is 0 Å². The molecule has 4 fully saturated rings. The Balaban J connectivity index is 1.40. The van der Waals surface area contributed by atoms with Gasteiger partial charge in [0.2, 0.25) is 0 Å². The summed E-state index contributed by atoms with van der Waals surface area (Å²) in [6.45, 7) is 4.46. The zero-order valence-corrected chi connectivity index (χ0v) is 15.1. The molecule has 124 valence electrons. The van der Waals surface area contributed by atoms with E-state index >= 15 is 0 Å². The first-order chi connectivity index (χ1) is 11.0. The Morgan fingerprint density at radius 3 is 2.09 bits per heavy atom. The number of hydrogen-bond donors (Lipinski definition) is 2. The Labute approximate surface area is 145 Å². The molecular formula is C20H28N2S. The summed E-state index contributed by atoms with van der Waals surface area (Å²) in [6, 6.07) is 8.90. The molecule has 0 heterocycles. The highest BCUT2D eigenvalue weighted by Crippen LogP contribution is 2.61. The van der Waals surface area contributed by atoms with E-state index in [0.29, 0.717) is 11.5 Å². The molecule has 5 rings (SSSR count). The van der Waals surface area contributed by atoms with Crippen molar-refractivity contribution in [2.75, 3.05) is 5.32 Å². The second-order valence-corrected chi connectivity index (χ2v) is 8.87. The minimum atomic E-state index is 0.473. The largest absolute Gasteiger partial charge is 0.359 e. The van der Waals surface area contributed by atoms with Crippen molar-refractivity contribution >= 4 is 23.0 Å². The minimum absolute atomic E-state index is 0.473. The Kier molecular flexibility index (Phi) is 3.87. The standard InChI is InChI=1S/C20H28N2S/c1-13-3-5-18(6-4-13)22-19(23)21-14(2)20-10-15-7-16(11-20)9-17(8-15)12-20/h3-6,14-17H,7-12H2,1-2H3,(H2,21,22,23)/t14-,15?,16?,17?,20?/m1/s1. The summed E-state index contributed by atoms with van der Waals surface area (Å²) in [5.41, 5.74) is 2.84. The molecule has 4 saturated carbocycles. The van der Waals surface area contributed by atoms with Gasteiger partial charge in [-0.2, -0.15) is 0 Å². The van der Waals surface area contributed by atoms with Crippen LogP contribution in [0.15, 0.2) is 24.3 Å². The highest BCUT2D eigenvalue weighted by Gasteiger charge is 2.53. The number of rotatable bonds is 3. The summed E-state index contributed by atoms with van der Waals surface area (Å²) in [6.07, 6.45) is 8.75. The summed E-state index contributed by atoms with van der Waals surface area (Å²) in [7, 11) is 0. The van der Waals surface area contributed by atoms with Crippen LogP contribution in [-0.2, 0) is 0 Å². The molecule has 4 aliphatic rings. The van der Waals surface area contributed by atoms with Gasteiger partial charge in [-0.25, -0.2) is 0 Å². The van der Waals surface area contributed by atoms with E-state index < -0.39 is 0 Å². The predicted octanol–water partition coefficient (Wildman–Crippen LogP) is 4.89. The Bertz CT molecular complexity index is 557. The first-order valence-corrected chi connectivity index (χ1v) is 9.57. The van der Waals surface area contributed by atoms with E-state index in [-0.39, 0.29) is 0 Å². The SMILES string of the molecule is Cc1ccc(NC(=S)N[C@H](C)C23CC4CC(CC(C4)C2)C3)cc1. The zero-order chi connectivity index (χ0) is 16.0. The maximum Gasteiger partial charge on any atom is 0.171 e. The van der Waals surface area contributed by atoms with Gasteiger partial charge in [-0.1, -0.05) is 17.7 Å². The Morgan fingerprint density at radius 1 is 1.04 bits per heavy atom. The maximum absolute atomic E-state index is 5.58. The molecule has 2 N–H and O–H groups in total. The zero-order valence-electron chi connectivity index (χ0n) is 14.3. The lowest BCUT2D eigenvalue weighted by Crippen LogP contribution is -2.56. The van der Waals surface area contributed by atoms with Crippen molar-refractivity contribution in [3.8, 4) is 0 Å². The van der Waals surface area contributed by atoms with Gasteiger partial charge in [-0.05, 0) is 99.9 Å². The summed E-state index contributed by atoms with van der Waals surface area (Å²) in [5.74, 6) is 2.97. The molecule has 0 aliphatic heterocycles. The summed E-state index contributed by atoms with van der Waals surface area (Å²) in [5, 5.41) is 7.75. The van der Waals surface area contributed by atoms with Gasteiger partial charge in [0, 0.05) is 11.7 Å². The average Bonchev–Trinajstić information content (AvgIpc) is 2.48. The first kappa shape index (κ1) is 15.4. The third-order valence-corrected chi connectivity index (χ3v) is 6.88. The van der Waals surface area contributed by atoms with E-state index in [9.17, 15) is 0 Å². The lowest BCUT2D eigenvalue weighted by molar-refractivity contribution is -0.0671. The second-order valence-electron chi connectivity index (χ2n) is 8.47. The third-order valence-electron chi connectivity index (χ3n) is 6.66. The van der Waals surface area contributed by atoms with Crippen LogP contribution in [0.3, 0.4) is 0 Å². The molecule has 4 aliphatic carbocycles. The lowest BCUT2D eigenvalue weighted by Gasteiger charge is -2.59. The number of hydrogen-bond acceptors (Lipinski definition) is 1. The quantitative estimate of drug-likeness (QED) is 0.773. The molecule has 0 unspecified atom stereocenters. The van der Waals surface area contributed by atoms with Crippen LogP contribution in [0.5, 0.6) is 0 Å². The second kappa shape index (κ2) is 5.77. The normalized spacial score (nSPS) is 35.8. The molecule has 23 heavy (non-hydrogen) atoms. The van der Waals surface area contributed by atoms with Crippen LogP contribution in [-0.4, -0.2) is 11.2 Å². The number of thiocarbonyl (C=S) groups is 1. The maximum atomic E-state index is 5.58. The van der Waals surface area contributed by atoms with Gasteiger partial charge in [0.1, 0.15) is 0 Å². The number of benzene rings is 1. The fourth-order valence-corrected chi connectivity index (χ4v) is 6.16. The van der Waals surface area contributed by atoms with Crippen LogP contribution < -0.4 is 10.6 Å². The third kappa shape index (κ3) is 3.00. The molecule has 0 amide bonds. The highest BCUT2D eigenvalue weighted by atomic mass is 32.1. The molecule has 0 saturated heterocycles. The molecule has 1 aromatic carbocycles. The predicted molar refractivity (Wildman–Crippen MR) is 101 cm³/mol. The number of anilines is 1. The topological polar surface area (TPSA) is 24.1 Å². The van der Waals surface area contributed by atoms with Crippen LogP contribution >= 0.6 is 12.2 Å². The molecule has 1 atom stereocenters. The van der Waals surface area contributed by atoms with Crippen LogP contribution in [0.1, 0.15) is 51.0 Å². The molecule has 0 radical (unpaired) electrons. The van der Waals surface area contributed by atoms with Crippen molar-refractivity contribution in [3.05, 3.63) is 29.8 Å². The van der Waals surface area contributed by atoms with Gasteiger partial charge >= 0.3 is 0 Å². The number of nitrogens with one attached hydrogen (secondary N) is 2. The van der Waals surface area contributed by atoms with Crippen molar-refractivity contribution in [3.63, 3.8) is 0 Å². The smallest absolute Gasteiger partial charge is 0.171 e. The van der Waals surface area contributed by atoms with Crippen molar-refractivity contribution in [2.24, 2.45) is 23.2 Å². The van der Waals surface area contributed by atoms with Gasteiger partial charge in [-0.3, -0.25) is 0 Å². The van der Waals surface area contributed by atoms with Crippen molar-refractivity contribution < 1.29 is 0 Å². The van der Waals surface area contributed by atoms with E-state index in [0.717, 1.165) is 28.6 Å². The minimum Gasteiger partial charge on any atom is -0.359 e. The molecule has 0 aromatic heterocycles. The fourth-order valence-electron chi connectivity index (χ4n) is 5.86. The van der Waals surface area contributed by atoms with E-state index in [4.69, 9.17) is 12.2 Å². The molecular weight excluding hydrogens is 300 g/mol. The summed E-state index contributed by atoms with van der Waals surface area (Å²) in [4.78, 5) is 0. The monoisotopic (exact) mass is 328 g/mol. The summed E-state index contributed by atoms with van der Waals surface area (Å²) < 4.78 is 0. The Morgan fingerprint density at radius 2 is 1.57 bits per heavy atom. The van der Waals surface area contributed by atoms with Crippen molar-refractivity contribution in [1.82, 2.24) is 5.32 Å². The summed E-state index contributed by atoms with van der Waals surface area (Å²) >= 11 is 5.58. The van der Waals surface area contributed by atoms with Crippen LogP contribution in [0, 0.1) is 30.1 Å². The number of aryl methyl sites for hydroxylation is 1. The van der Waals surface area contributed by atoms with E-state index in [2.05, 4.69) is 48.7 Å². The van der Waals surface area contributed by atoms with Gasteiger partial charge in [0.15, 0.2) is 5.11 Å². The average molecular weight is 329 g/mol.